The highest BCUT2D eigenvalue weighted by molar-refractivity contribution is 9.11. The molecule has 1 aliphatic rings. The van der Waals surface area contributed by atoms with Gasteiger partial charge in [-0.2, -0.15) is 4.98 Å². The Morgan fingerprint density at radius 2 is 1.85 bits per heavy atom. The zero-order valence-corrected chi connectivity index (χ0v) is 23.0. The Labute approximate surface area is 221 Å². The number of nitrogens with zero attached hydrogens (tertiary/aromatic N) is 3. The zero-order valence-electron chi connectivity index (χ0n) is 19.0. The standard InChI is InChI=1S/C24H27Br2FN6S/c1-33(2)22-17-5-3-4-6-20(17)30-23(32-22)29-16-9-7-14(8-10-16)13-28-24(34)31-21-18(26)11-15(25)12-19(21)27/h3-6,11-12,14,16H,7-10,13H2,1-2H3,(H2,28,31,34)(H,29,30,32)/t14-,16+. The van der Waals surface area contributed by atoms with Gasteiger partial charge in [0.2, 0.25) is 5.95 Å². The van der Waals surface area contributed by atoms with E-state index in [0.717, 1.165) is 48.9 Å². The molecule has 0 unspecified atom stereocenters. The summed E-state index contributed by atoms with van der Waals surface area (Å²) in [5.74, 6) is 1.73. The van der Waals surface area contributed by atoms with Gasteiger partial charge in [-0.25, -0.2) is 9.37 Å². The number of rotatable bonds is 6. The second-order valence-electron chi connectivity index (χ2n) is 8.72. The Hall–Kier alpha value is -2.04. The number of halogens is 3. The van der Waals surface area contributed by atoms with Crippen LogP contribution in [0.5, 0.6) is 0 Å². The molecule has 0 aliphatic heterocycles. The molecule has 1 fully saturated rings. The molecule has 1 aliphatic carbocycles. The fourth-order valence-corrected chi connectivity index (χ4v) is 5.67. The SMILES string of the molecule is CN(C)c1nc(N[C@H]2CC[C@@H](CNC(=S)Nc3c(F)cc(Br)cc3Br)CC2)nc2ccccc12. The largest absolute Gasteiger partial charge is 0.362 e. The monoisotopic (exact) mass is 608 g/mol. The number of thiocarbonyl (C=S) groups is 1. The lowest BCUT2D eigenvalue weighted by Crippen LogP contribution is -2.36. The summed E-state index contributed by atoms with van der Waals surface area (Å²) in [7, 11) is 4.00. The van der Waals surface area contributed by atoms with E-state index in [9.17, 15) is 4.39 Å². The third-order valence-corrected chi connectivity index (χ3v) is 7.31. The predicted octanol–water partition coefficient (Wildman–Crippen LogP) is 6.32. The van der Waals surface area contributed by atoms with Crippen LogP contribution in [0.4, 0.5) is 21.8 Å². The smallest absolute Gasteiger partial charge is 0.225 e. The van der Waals surface area contributed by atoms with E-state index >= 15 is 0 Å². The van der Waals surface area contributed by atoms with E-state index in [1.807, 2.05) is 37.2 Å². The molecule has 0 atom stereocenters. The van der Waals surface area contributed by atoms with Crippen molar-refractivity contribution in [3.8, 4) is 0 Å². The molecular formula is C24H27Br2FN6S. The van der Waals surface area contributed by atoms with E-state index in [2.05, 4.69) is 53.9 Å². The topological polar surface area (TPSA) is 65.1 Å². The number of benzene rings is 2. The van der Waals surface area contributed by atoms with Crippen LogP contribution >= 0.6 is 44.1 Å². The summed E-state index contributed by atoms with van der Waals surface area (Å²) in [6, 6.07) is 11.6. The molecule has 1 saturated carbocycles. The number of para-hydroxylation sites is 1. The van der Waals surface area contributed by atoms with Gasteiger partial charge in [0.15, 0.2) is 5.11 Å². The number of hydrogen-bond donors (Lipinski definition) is 3. The Kier molecular flexibility index (Phi) is 8.21. The fourth-order valence-electron chi connectivity index (χ4n) is 4.22. The molecule has 10 heteroatoms. The lowest BCUT2D eigenvalue weighted by molar-refractivity contribution is 0.336. The minimum absolute atomic E-state index is 0.334. The van der Waals surface area contributed by atoms with Gasteiger partial charge in [-0.1, -0.05) is 28.1 Å². The minimum Gasteiger partial charge on any atom is -0.362 e. The predicted molar refractivity (Wildman–Crippen MR) is 149 cm³/mol. The molecule has 1 aromatic heterocycles. The van der Waals surface area contributed by atoms with Crippen LogP contribution in [0, 0.1) is 11.7 Å². The third-order valence-electron chi connectivity index (χ3n) is 5.98. The van der Waals surface area contributed by atoms with Crippen molar-refractivity contribution in [3.63, 3.8) is 0 Å². The Morgan fingerprint density at radius 1 is 1.12 bits per heavy atom. The van der Waals surface area contributed by atoms with Gasteiger partial charge in [-0.15, -0.1) is 0 Å². The molecule has 0 spiro atoms. The summed E-state index contributed by atoms with van der Waals surface area (Å²) in [5.41, 5.74) is 1.28. The molecular weight excluding hydrogens is 583 g/mol. The van der Waals surface area contributed by atoms with Crippen molar-refractivity contribution in [2.75, 3.05) is 36.2 Å². The van der Waals surface area contributed by atoms with E-state index in [-0.39, 0.29) is 5.82 Å². The van der Waals surface area contributed by atoms with Gasteiger partial charge in [0.1, 0.15) is 11.6 Å². The zero-order chi connectivity index (χ0) is 24.2. The molecule has 4 rings (SSSR count). The van der Waals surface area contributed by atoms with E-state index in [4.69, 9.17) is 22.2 Å². The summed E-state index contributed by atoms with van der Waals surface area (Å²) in [6.07, 6.45) is 4.20. The van der Waals surface area contributed by atoms with Crippen LogP contribution in [0.1, 0.15) is 25.7 Å². The van der Waals surface area contributed by atoms with E-state index < -0.39 is 0 Å². The Bertz CT molecular complexity index is 1160. The maximum Gasteiger partial charge on any atom is 0.225 e. The molecule has 1 heterocycles. The quantitative estimate of drug-likeness (QED) is 0.283. The molecule has 0 radical (unpaired) electrons. The van der Waals surface area contributed by atoms with Gasteiger partial charge in [0.25, 0.3) is 0 Å². The minimum atomic E-state index is -0.370. The molecule has 180 valence electrons. The summed E-state index contributed by atoms with van der Waals surface area (Å²) >= 11 is 12.0. The van der Waals surface area contributed by atoms with Crippen molar-refractivity contribution in [2.45, 2.75) is 31.7 Å². The van der Waals surface area contributed by atoms with Crippen LogP contribution in [0.3, 0.4) is 0 Å². The van der Waals surface area contributed by atoms with Crippen molar-refractivity contribution >= 4 is 77.5 Å². The molecule has 0 amide bonds. The van der Waals surface area contributed by atoms with Crippen molar-refractivity contribution in [1.29, 1.82) is 0 Å². The number of fused-ring (bicyclic) bond motifs is 1. The first kappa shape index (κ1) is 25.1. The van der Waals surface area contributed by atoms with E-state index in [1.165, 1.54) is 6.07 Å². The van der Waals surface area contributed by atoms with Crippen LogP contribution < -0.4 is 20.9 Å². The number of aromatic nitrogens is 2. The maximum atomic E-state index is 14.2. The molecule has 34 heavy (non-hydrogen) atoms. The Morgan fingerprint density at radius 3 is 2.56 bits per heavy atom. The molecule has 0 saturated heterocycles. The number of nitrogens with one attached hydrogen (secondary N) is 3. The van der Waals surface area contributed by atoms with Gasteiger partial charge in [0, 0.05) is 41.0 Å². The molecule has 3 N–H and O–H groups in total. The highest BCUT2D eigenvalue weighted by atomic mass is 79.9. The summed E-state index contributed by atoms with van der Waals surface area (Å²) in [4.78, 5) is 11.5. The molecule has 3 aromatic rings. The molecule has 6 nitrogen and oxygen atoms in total. The second kappa shape index (κ2) is 11.1. The van der Waals surface area contributed by atoms with Crippen LogP contribution in [0.25, 0.3) is 10.9 Å². The highest BCUT2D eigenvalue weighted by Gasteiger charge is 2.22. The summed E-state index contributed by atoms with van der Waals surface area (Å²) < 4.78 is 15.5. The molecule has 0 bridgehead atoms. The van der Waals surface area contributed by atoms with Gasteiger partial charge in [-0.3, -0.25) is 0 Å². The summed E-state index contributed by atoms with van der Waals surface area (Å²) in [6.45, 7) is 0.756. The third kappa shape index (κ3) is 6.14. The first-order chi connectivity index (χ1) is 16.3. The van der Waals surface area contributed by atoms with Gasteiger partial charge in [0.05, 0.1) is 11.2 Å². The van der Waals surface area contributed by atoms with Crippen LogP contribution in [0.2, 0.25) is 0 Å². The van der Waals surface area contributed by atoms with Crippen LogP contribution in [0.15, 0.2) is 45.3 Å². The maximum absolute atomic E-state index is 14.2. The van der Waals surface area contributed by atoms with E-state index in [1.54, 1.807) is 6.07 Å². The van der Waals surface area contributed by atoms with Crippen LogP contribution in [-0.2, 0) is 0 Å². The average Bonchev–Trinajstić information content (AvgIpc) is 2.80. The van der Waals surface area contributed by atoms with Gasteiger partial charge in [-0.05, 0) is 84.0 Å². The molecule has 2 aromatic carbocycles. The van der Waals surface area contributed by atoms with Crippen molar-refractivity contribution in [3.05, 3.63) is 51.2 Å². The number of hydrogen-bond acceptors (Lipinski definition) is 5. The first-order valence-electron chi connectivity index (χ1n) is 11.2. The average molecular weight is 610 g/mol. The van der Waals surface area contributed by atoms with Crippen LogP contribution in [-0.4, -0.2) is 41.8 Å². The summed E-state index contributed by atoms with van der Waals surface area (Å²) in [5, 5.41) is 11.2. The van der Waals surface area contributed by atoms with Gasteiger partial charge >= 0.3 is 0 Å². The van der Waals surface area contributed by atoms with Gasteiger partial charge < -0.3 is 20.9 Å². The normalized spacial score (nSPS) is 17.9. The number of anilines is 3. The first-order valence-corrected chi connectivity index (χ1v) is 13.2. The Balaban J connectivity index is 1.28. The van der Waals surface area contributed by atoms with Crippen molar-refractivity contribution in [1.82, 2.24) is 15.3 Å². The van der Waals surface area contributed by atoms with Crippen molar-refractivity contribution < 1.29 is 4.39 Å². The lowest BCUT2D eigenvalue weighted by atomic mass is 9.86. The highest BCUT2D eigenvalue weighted by Crippen LogP contribution is 2.30. The lowest BCUT2D eigenvalue weighted by Gasteiger charge is -2.30. The fraction of sp³-hybridized carbons (Fsp3) is 0.375. The second-order valence-corrected chi connectivity index (χ2v) is 10.9. The van der Waals surface area contributed by atoms with E-state index in [0.29, 0.717) is 37.7 Å². The van der Waals surface area contributed by atoms with Crippen molar-refractivity contribution in [2.24, 2.45) is 5.92 Å².